The number of carbonyl (C=O) groups is 4. The Labute approximate surface area is 163 Å². The minimum Gasteiger partial charge on any atom is -0.297 e. The van der Waals surface area contributed by atoms with Crippen molar-refractivity contribution >= 4 is 23.6 Å². The number of fused-ring (bicyclic) bond motifs is 1. The van der Waals surface area contributed by atoms with Crippen molar-refractivity contribution in [1.29, 1.82) is 0 Å². The van der Waals surface area contributed by atoms with E-state index < -0.39 is 54.1 Å². The lowest BCUT2D eigenvalue weighted by atomic mass is 9.86. The van der Waals surface area contributed by atoms with Crippen molar-refractivity contribution in [3.63, 3.8) is 0 Å². The van der Waals surface area contributed by atoms with Gasteiger partial charge in [0.2, 0.25) is 11.8 Å². The van der Waals surface area contributed by atoms with Crippen LogP contribution in [0.4, 0.5) is 0 Å². The van der Waals surface area contributed by atoms with E-state index in [0.29, 0.717) is 0 Å². The van der Waals surface area contributed by atoms with Gasteiger partial charge in [0.1, 0.15) is 6.04 Å². The topological polar surface area (TPSA) is 86.8 Å². The minimum atomic E-state index is -2.01. The third-order valence-electron chi connectivity index (χ3n) is 4.98. The molecule has 1 aromatic rings. The number of carbonyl (C=O) groups excluding carboxylic acids is 4. The molecule has 142 valence electrons. The Morgan fingerprint density at radius 1 is 1.07 bits per heavy atom. The van der Waals surface area contributed by atoms with Gasteiger partial charge in [0.25, 0.3) is 11.8 Å². The van der Waals surface area contributed by atoms with Gasteiger partial charge < -0.3 is 0 Å². The molecule has 0 aliphatic carbocycles. The number of hydrogen-bond acceptors (Lipinski definition) is 5. The fraction of sp³-hybridized carbons (Fsp3) is 0.500. The van der Waals surface area contributed by atoms with Crippen LogP contribution in [0.2, 0.25) is 0 Å². The van der Waals surface area contributed by atoms with E-state index in [4.69, 9.17) is 5.48 Å². The first kappa shape index (κ1) is 13.6. The van der Waals surface area contributed by atoms with Crippen LogP contribution in [0.1, 0.15) is 71.3 Å². The van der Waals surface area contributed by atoms with Gasteiger partial charge in [-0.2, -0.15) is 0 Å². The van der Waals surface area contributed by atoms with Crippen molar-refractivity contribution in [2.45, 2.75) is 51.1 Å². The third-order valence-corrected chi connectivity index (χ3v) is 4.98. The van der Waals surface area contributed by atoms with E-state index in [1.165, 1.54) is 18.2 Å². The molecule has 1 atom stereocenters. The molecule has 0 saturated carbocycles. The summed E-state index contributed by atoms with van der Waals surface area (Å²) in [5, 5.41) is 2.13. The predicted octanol–water partition coefficient (Wildman–Crippen LogP) is 1.29. The fourth-order valence-electron chi connectivity index (χ4n) is 3.46. The predicted molar refractivity (Wildman–Crippen MR) is 97.2 cm³/mol. The number of hydrogen-bond donors (Lipinski definition) is 1. The van der Waals surface area contributed by atoms with Crippen LogP contribution in [0.5, 0.6) is 0 Å². The quantitative estimate of drug-likeness (QED) is 0.790. The van der Waals surface area contributed by atoms with Crippen LogP contribution in [0, 0.1) is 0 Å². The van der Waals surface area contributed by atoms with Crippen molar-refractivity contribution in [1.82, 2.24) is 15.1 Å². The average Bonchev–Trinajstić information content (AvgIpc) is 2.83. The van der Waals surface area contributed by atoms with Gasteiger partial charge in [-0.3, -0.25) is 34.3 Å². The number of likely N-dealkylation sites (tertiary alicyclic amines) is 1. The van der Waals surface area contributed by atoms with E-state index in [0.717, 1.165) is 9.80 Å². The highest BCUT2D eigenvalue weighted by Gasteiger charge is 2.45. The molecule has 0 aromatic heterocycles. The molecule has 27 heavy (non-hydrogen) atoms. The molecule has 1 aromatic carbocycles. The van der Waals surface area contributed by atoms with Crippen LogP contribution in [-0.4, -0.2) is 58.0 Å². The lowest BCUT2D eigenvalue weighted by molar-refractivity contribution is -0.136. The SMILES string of the molecule is [2H]C1([2H])C(c2ccc3c(c2)C(=O)N(C2CCC(=O)NC2=O)C3=O)C([2H])([2H])N1C(C)(C)C. The minimum absolute atomic E-state index is 0.00742. The monoisotopic (exact) mass is 373 g/mol. The smallest absolute Gasteiger partial charge is 0.262 e. The van der Waals surface area contributed by atoms with Gasteiger partial charge >= 0.3 is 0 Å². The molecular formula is C20H23N3O4. The van der Waals surface area contributed by atoms with Crippen molar-refractivity contribution in [2.75, 3.05) is 13.0 Å². The third kappa shape index (κ3) is 2.86. The second-order valence-corrected chi connectivity index (χ2v) is 7.95. The number of imide groups is 2. The summed E-state index contributed by atoms with van der Waals surface area (Å²) in [6, 6.07) is 3.09. The Hall–Kier alpha value is -2.54. The Morgan fingerprint density at radius 2 is 1.74 bits per heavy atom. The van der Waals surface area contributed by atoms with Crippen LogP contribution in [-0.2, 0) is 9.59 Å². The van der Waals surface area contributed by atoms with E-state index in [1.807, 2.05) is 0 Å². The van der Waals surface area contributed by atoms with Crippen LogP contribution >= 0.6 is 0 Å². The average molecular weight is 373 g/mol. The fourth-order valence-corrected chi connectivity index (χ4v) is 3.46. The van der Waals surface area contributed by atoms with E-state index in [1.54, 1.807) is 20.8 Å². The maximum absolute atomic E-state index is 13.0. The van der Waals surface area contributed by atoms with Crippen LogP contribution in [0.3, 0.4) is 0 Å². The maximum atomic E-state index is 13.0. The zero-order valence-corrected chi connectivity index (χ0v) is 15.3. The van der Waals surface area contributed by atoms with E-state index in [9.17, 15) is 19.2 Å². The standard InChI is InChI=1S/C20H23N3O4/c1-20(2,3)22-9-12(10-22)11-4-5-13-14(8-11)19(27)23(18(13)26)15-6-7-16(24)21-17(15)25/h4-5,8,12,15H,6-7,9-10H2,1-3H3,(H,21,24,25)/i9D2,10D2. The highest BCUT2D eigenvalue weighted by atomic mass is 16.2. The summed E-state index contributed by atoms with van der Waals surface area (Å²) in [5.41, 5.74) is -0.422. The molecular weight excluding hydrogens is 346 g/mol. The first-order valence-corrected chi connectivity index (χ1v) is 8.85. The molecule has 4 amide bonds. The Kier molecular flexibility index (Phi) is 3.02. The number of nitrogens with one attached hydrogen (secondary N) is 1. The first-order chi connectivity index (χ1) is 14.2. The molecule has 0 spiro atoms. The number of rotatable bonds is 2. The second-order valence-electron chi connectivity index (χ2n) is 7.95. The molecule has 7 nitrogen and oxygen atoms in total. The van der Waals surface area contributed by atoms with Crippen LogP contribution in [0.25, 0.3) is 0 Å². The number of nitrogens with zero attached hydrogens (tertiary/aromatic N) is 2. The summed E-state index contributed by atoms with van der Waals surface area (Å²) in [7, 11) is 0. The molecule has 3 heterocycles. The molecule has 4 rings (SSSR count). The maximum Gasteiger partial charge on any atom is 0.262 e. The highest BCUT2D eigenvalue weighted by molar-refractivity contribution is 6.23. The van der Waals surface area contributed by atoms with E-state index in [-0.39, 0.29) is 29.5 Å². The van der Waals surface area contributed by atoms with Gasteiger partial charge in [-0.05, 0) is 44.9 Å². The van der Waals surface area contributed by atoms with E-state index in [2.05, 4.69) is 5.32 Å². The van der Waals surface area contributed by atoms with Gasteiger partial charge in [0.05, 0.1) is 11.1 Å². The molecule has 2 saturated heterocycles. The zero-order chi connectivity index (χ0) is 23.1. The summed E-state index contributed by atoms with van der Waals surface area (Å²) in [6.45, 7) is 1.15. The van der Waals surface area contributed by atoms with Crippen molar-refractivity contribution in [3.8, 4) is 0 Å². The number of amides is 4. The molecule has 1 unspecified atom stereocenters. The molecule has 3 aliphatic rings. The zero-order valence-electron chi connectivity index (χ0n) is 19.3. The summed E-state index contributed by atoms with van der Waals surface area (Å²) in [4.78, 5) is 51.4. The van der Waals surface area contributed by atoms with E-state index >= 15 is 0 Å². The van der Waals surface area contributed by atoms with Gasteiger partial charge in [-0.15, -0.1) is 0 Å². The molecule has 3 aliphatic heterocycles. The van der Waals surface area contributed by atoms with Crippen molar-refractivity contribution in [2.24, 2.45) is 0 Å². The van der Waals surface area contributed by atoms with Gasteiger partial charge in [0.15, 0.2) is 0 Å². The van der Waals surface area contributed by atoms with Gasteiger partial charge in [0, 0.05) is 36.4 Å². The summed E-state index contributed by atoms with van der Waals surface area (Å²) >= 11 is 0. The van der Waals surface area contributed by atoms with Crippen molar-refractivity contribution in [3.05, 3.63) is 34.9 Å². The molecule has 0 bridgehead atoms. The number of piperidine rings is 1. The van der Waals surface area contributed by atoms with Crippen LogP contribution in [0.15, 0.2) is 18.2 Å². The first-order valence-electron chi connectivity index (χ1n) is 10.8. The largest absolute Gasteiger partial charge is 0.297 e. The van der Waals surface area contributed by atoms with Gasteiger partial charge in [-0.1, -0.05) is 6.07 Å². The highest BCUT2D eigenvalue weighted by Crippen LogP contribution is 2.35. The van der Waals surface area contributed by atoms with Crippen LogP contribution < -0.4 is 5.32 Å². The summed E-state index contributed by atoms with van der Waals surface area (Å²) in [5.74, 6) is -3.70. The Bertz CT molecular complexity index is 1020. The molecule has 7 heteroatoms. The van der Waals surface area contributed by atoms with Gasteiger partial charge in [-0.25, -0.2) is 0 Å². The summed E-state index contributed by atoms with van der Waals surface area (Å²) < 4.78 is 33.9. The normalized spacial score (nSPS) is 30.0. The Balaban J connectivity index is 1.69. The second kappa shape index (κ2) is 5.99. The molecule has 0 radical (unpaired) electrons. The molecule has 1 N–H and O–H groups in total. The molecule has 2 fully saturated rings. The van der Waals surface area contributed by atoms with Crippen molar-refractivity contribution < 1.29 is 24.7 Å². The Morgan fingerprint density at radius 3 is 2.37 bits per heavy atom. The lowest BCUT2D eigenvalue weighted by Crippen LogP contribution is -2.54. The lowest BCUT2D eigenvalue weighted by Gasteiger charge is -2.48. The summed E-state index contributed by atoms with van der Waals surface area (Å²) in [6.07, 6.45) is 0.0530. The number of benzene rings is 1.